The van der Waals surface area contributed by atoms with Gasteiger partial charge in [-0.1, -0.05) is 19.9 Å². The van der Waals surface area contributed by atoms with Crippen LogP contribution in [0.3, 0.4) is 0 Å². The first-order chi connectivity index (χ1) is 6.08. The summed E-state index contributed by atoms with van der Waals surface area (Å²) in [6, 6.07) is 0.137. The van der Waals surface area contributed by atoms with Crippen molar-refractivity contribution >= 4 is 0 Å². The maximum absolute atomic E-state index is 5.51. The predicted octanol–water partition coefficient (Wildman–Crippen LogP) is 1.12. The molecule has 78 valence electrons. The largest absolute Gasteiger partial charge is 0.302 e. The molecule has 0 amide bonds. The molecule has 0 aromatic rings. The summed E-state index contributed by atoms with van der Waals surface area (Å²) in [5.74, 6) is 5.51. The Bertz CT molecular complexity index is 150. The normalized spacial score (nSPS) is 14.6. The Balaban J connectivity index is 4.82. The molecule has 0 saturated heterocycles. The smallest absolute Gasteiger partial charge is 0.0571 e. The summed E-state index contributed by atoms with van der Waals surface area (Å²) in [7, 11) is 4.17. The summed E-state index contributed by atoms with van der Waals surface area (Å²) in [6.07, 6.45) is 3.99. The number of nitrogens with two attached hydrogens (primary N) is 1. The highest BCUT2D eigenvalue weighted by Crippen LogP contribution is 2.25. The minimum atomic E-state index is 0.0799. The van der Waals surface area contributed by atoms with Crippen LogP contribution in [0.2, 0.25) is 0 Å². The second-order valence-electron chi connectivity index (χ2n) is 3.59. The van der Waals surface area contributed by atoms with Crippen LogP contribution in [0.4, 0.5) is 0 Å². The maximum atomic E-state index is 5.51. The lowest BCUT2D eigenvalue weighted by atomic mass is 9.83. The fourth-order valence-corrected chi connectivity index (χ4v) is 2.04. The Kier molecular flexibility index (Phi) is 5.21. The zero-order valence-corrected chi connectivity index (χ0v) is 9.30. The van der Waals surface area contributed by atoms with E-state index >= 15 is 0 Å². The fraction of sp³-hybridized carbons (Fsp3) is 0.800. The van der Waals surface area contributed by atoms with Crippen LogP contribution < -0.4 is 11.3 Å². The van der Waals surface area contributed by atoms with Crippen molar-refractivity contribution in [3.8, 4) is 0 Å². The van der Waals surface area contributed by atoms with E-state index in [1.54, 1.807) is 0 Å². The van der Waals surface area contributed by atoms with Gasteiger partial charge in [-0.25, -0.2) is 0 Å². The van der Waals surface area contributed by atoms with Crippen LogP contribution in [0, 0.1) is 0 Å². The van der Waals surface area contributed by atoms with E-state index in [0.717, 1.165) is 12.8 Å². The maximum Gasteiger partial charge on any atom is 0.0571 e. The Hall–Kier alpha value is -0.380. The molecule has 0 radical (unpaired) electrons. The van der Waals surface area contributed by atoms with Crippen LogP contribution in [-0.2, 0) is 0 Å². The van der Waals surface area contributed by atoms with Crippen molar-refractivity contribution < 1.29 is 0 Å². The van der Waals surface area contributed by atoms with E-state index in [1.807, 2.05) is 6.08 Å². The summed E-state index contributed by atoms with van der Waals surface area (Å²) in [6.45, 7) is 8.16. The zero-order chi connectivity index (χ0) is 10.5. The summed E-state index contributed by atoms with van der Waals surface area (Å²) < 4.78 is 0. The van der Waals surface area contributed by atoms with Crippen molar-refractivity contribution in [2.24, 2.45) is 5.84 Å². The first-order valence-corrected chi connectivity index (χ1v) is 4.85. The van der Waals surface area contributed by atoms with Crippen LogP contribution >= 0.6 is 0 Å². The summed E-state index contributed by atoms with van der Waals surface area (Å²) in [5, 5.41) is 0. The lowest BCUT2D eigenvalue weighted by Gasteiger charge is -2.43. The molecule has 0 aromatic carbocycles. The van der Waals surface area contributed by atoms with Gasteiger partial charge in [0.1, 0.15) is 0 Å². The minimum absolute atomic E-state index is 0.0799. The third-order valence-corrected chi connectivity index (χ3v) is 3.11. The van der Waals surface area contributed by atoms with Gasteiger partial charge >= 0.3 is 0 Å². The summed E-state index contributed by atoms with van der Waals surface area (Å²) in [4.78, 5) is 2.22. The minimum Gasteiger partial charge on any atom is -0.302 e. The first-order valence-electron chi connectivity index (χ1n) is 4.85. The van der Waals surface area contributed by atoms with Gasteiger partial charge in [-0.15, -0.1) is 6.58 Å². The number of hydrogen-bond donors (Lipinski definition) is 2. The third-order valence-electron chi connectivity index (χ3n) is 3.11. The van der Waals surface area contributed by atoms with E-state index in [1.165, 1.54) is 0 Å². The Morgan fingerprint density at radius 1 is 1.46 bits per heavy atom. The molecule has 3 nitrogen and oxygen atoms in total. The van der Waals surface area contributed by atoms with E-state index in [9.17, 15) is 0 Å². The molecule has 0 bridgehead atoms. The predicted molar refractivity (Wildman–Crippen MR) is 58.3 cm³/mol. The molecular weight excluding hydrogens is 162 g/mol. The van der Waals surface area contributed by atoms with Crippen LogP contribution in [-0.4, -0.2) is 30.6 Å². The summed E-state index contributed by atoms with van der Waals surface area (Å²) in [5.41, 5.74) is 2.90. The molecule has 0 rings (SSSR count). The second kappa shape index (κ2) is 5.37. The van der Waals surface area contributed by atoms with Gasteiger partial charge in [-0.3, -0.25) is 11.3 Å². The van der Waals surface area contributed by atoms with Gasteiger partial charge in [0.2, 0.25) is 0 Å². The van der Waals surface area contributed by atoms with Crippen molar-refractivity contribution in [1.82, 2.24) is 10.3 Å². The van der Waals surface area contributed by atoms with Gasteiger partial charge in [0.05, 0.1) is 6.04 Å². The number of likely N-dealkylation sites (N-methyl/N-ethyl adjacent to an activating group) is 1. The number of rotatable bonds is 6. The van der Waals surface area contributed by atoms with Crippen LogP contribution in [0.25, 0.3) is 0 Å². The highest BCUT2D eigenvalue weighted by Gasteiger charge is 2.35. The Morgan fingerprint density at radius 2 is 1.92 bits per heavy atom. The molecule has 13 heavy (non-hydrogen) atoms. The number of hydrogen-bond acceptors (Lipinski definition) is 3. The second-order valence-corrected chi connectivity index (χ2v) is 3.59. The number of nitrogens with one attached hydrogen (secondary N) is 1. The van der Waals surface area contributed by atoms with E-state index in [-0.39, 0.29) is 11.6 Å². The van der Waals surface area contributed by atoms with Crippen molar-refractivity contribution in [1.29, 1.82) is 0 Å². The van der Waals surface area contributed by atoms with Crippen LogP contribution in [0.15, 0.2) is 12.7 Å². The van der Waals surface area contributed by atoms with Gasteiger partial charge in [0, 0.05) is 5.54 Å². The zero-order valence-electron chi connectivity index (χ0n) is 9.30. The average molecular weight is 185 g/mol. The number of hydrazine groups is 1. The average Bonchev–Trinajstić information content (AvgIpc) is 2.13. The summed E-state index contributed by atoms with van der Waals surface area (Å²) >= 11 is 0. The van der Waals surface area contributed by atoms with E-state index < -0.39 is 0 Å². The van der Waals surface area contributed by atoms with E-state index in [0.29, 0.717) is 0 Å². The third kappa shape index (κ3) is 2.30. The Labute approximate surface area is 82.0 Å². The van der Waals surface area contributed by atoms with Gasteiger partial charge in [0.15, 0.2) is 0 Å². The molecule has 0 aromatic heterocycles. The fourth-order valence-electron chi connectivity index (χ4n) is 2.04. The monoisotopic (exact) mass is 185 g/mol. The van der Waals surface area contributed by atoms with Crippen molar-refractivity contribution in [3.63, 3.8) is 0 Å². The molecule has 3 heteroatoms. The molecule has 0 spiro atoms. The highest BCUT2D eigenvalue weighted by molar-refractivity contribution is 5.04. The Morgan fingerprint density at radius 3 is 2.00 bits per heavy atom. The molecule has 0 aliphatic rings. The highest BCUT2D eigenvalue weighted by atomic mass is 15.3. The lowest BCUT2D eigenvalue weighted by Crippen LogP contribution is -2.59. The van der Waals surface area contributed by atoms with Crippen LogP contribution in [0.5, 0.6) is 0 Å². The van der Waals surface area contributed by atoms with Gasteiger partial charge < -0.3 is 4.90 Å². The molecule has 0 saturated carbocycles. The van der Waals surface area contributed by atoms with Gasteiger partial charge in [-0.2, -0.15) is 0 Å². The van der Waals surface area contributed by atoms with Crippen molar-refractivity contribution in [2.75, 3.05) is 14.1 Å². The SMILES string of the molecule is C=CC(NN)C(CC)(CC)N(C)C. The molecular formula is C10H23N3. The molecule has 1 unspecified atom stereocenters. The van der Waals surface area contributed by atoms with Gasteiger partial charge in [0.25, 0.3) is 0 Å². The van der Waals surface area contributed by atoms with E-state index in [2.05, 4.69) is 44.8 Å². The molecule has 3 N–H and O–H groups in total. The molecule has 0 fully saturated rings. The standard InChI is InChI=1S/C10H23N3/c1-6-9(12-11)10(7-2,8-3)13(4)5/h6,9,12H,1,7-8,11H2,2-5H3. The topological polar surface area (TPSA) is 41.3 Å². The molecule has 0 aliphatic carbocycles. The quantitative estimate of drug-likeness (QED) is 0.370. The molecule has 1 atom stereocenters. The van der Waals surface area contributed by atoms with E-state index in [4.69, 9.17) is 5.84 Å². The van der Waals surface area contributed by atoms with Crippen LogP contribution in [0.1, 0.15) is 26.7 Å². The van der Waals surface area contributed by atoms with Crippen molar-refractivity contribution in [3.05, 3.63) is 12.7 Å². The first kappa shape index (κ1) is 12.6. The van der Waals surface area contributed by atoms with Crippen molar-refractivity contribution in [2.45, 2.75) is 38.3 Å². The lowest BCUT2D eigenvalue weighted by molar-refractivity contribution is 0.108. The van der Waals surface area contributed by atoms with Gasteiger partial charge in [-0.05, 0) is 26.9 Å². The molecule has 0 aliphatic heterocycles. The number of nitrogens with zero attached hydrogens (tertiary/aromatic N) is 1. The molecule has 0 heterocycles.